The maximum absolute atomic E-state index is 12.7. The number of anilines is 2. The highest BCUT2D eigenvalue weighted by atomic mass is 16.2. The summed E-state index contributed by atoms with van der Waals surface area (Å²) in [7, 11) is 3.85. The van der Waals surface area contributed by atoms with Crippen molar-refractivity contribution < 1.29 is 14.4 Å². The van der Waals surface area contributed by atoms with Gasteiger partial charge in [0.15, 0.2) is 0 Å². The van der Waals surface area contributed by atoms with Crippen molar-refractivity contribution in [2.75, 3.05) is 23.9 Å². The Bertz CT molecular complexity index is 855. The molecule has 0 aromatic heterocycles. The summed E-state index contributed by atoms with van der Waals surface area (Å²) in [5.74, 6) is -1.34. The lowest BCUT2D eigenvalue weighted by Gasteiger charge is -2.26. The van der Waals surface area contributed by atoms with Crippen molar-refractivity contribution >= 4 is 35.3 Å². The molecule has 0 saturated carbocycles. The number of amides is 4. The van der Waals surface area contributed by atoms with Gasteiger partial charge in [0.1, 0.15) is 5.57 Å². The molecule has 1 aliphatic rings. The molecule has 25 heavy (non-hydrogen) atoms. The predicted molar refractivity (Wildman–Crippen MR) is 96.2 cm³/mol. The number of para-hydroxylation sites is 1. The van der Waals surface area contributed by atoms with E-state index in [0.717, 1.165) is 10.6 Å². The van der Waals surface area contributed by atoms with Crippen molar-refractivity contribution in [3.8, 4) is 0 Å². The van der Waals surface area contributed by atoms with Gasteiger partial charge in [-0.3, -0.25) is 14.9 Å². The van der Waals surface area contributed by atoms with Crippen LogP contribution in [0.2, 0.25) is 0 Å². The average molecular weight is 335 g/mol. The molecule has 126 valence electrons. The number of barbiturate groups is 1. The number of urea groups is 1. The van der Waals surface area contributed by atoms with E-state index in [4.69, 9.17) is 0 Å². The van der Waals surface area contributed by atoms with Gasteiger partial charge in [0.25, 0.3) is 11.8 Å². The summed E-state index contributed by atoms with van der Waals surface area (Å²) in [5.41, 5.74) is 2.03. The van der Waals surface area contributed by atoms with E-state index >= 15 is 0 Å². The van der Waals surface area contributed by atoms with Crippen LogP contribution in [0.4, 0.5) is 16.2 Å². The van der Waals surface area contributed by atoms with Crippen molar-refractivity contribution in [1.29, 1.82) is 0 Å². The van der Waals surface area contributed by atoms with Crippen LogP contribution in [0, 0.1) is 0 Å². The topological polar surface area (TPSA) is 69.7 Å². The molecule has 1 heterocycles. The largest absolute Gasteiger partial charge is 0.378 e. The fourth-order valence-electron chi connectivity index (χ4n) is 2.50. The van der Waals surface area contributed by atoms with E-state index in [1.807, 2.05) is 43.3 Å². The molecule has 0 bridgehead atoms. The summed E-state index contributed by atoms with van der Waals surface area (Å²) < 4.78 is 0. The number of hydrogen-bond donors (Lipinski definition) is 1. The van der Waals surface area contributed by atoms with Gasteiger partial charge in [-0.1, -0.05) is 30.3 Å². The number of carbonyl (C=O) groups excluding carboxylic acids is 3. The van der Waals surface area contributed by atoms with E-state index in [1.54, 1.807) is 30.3 Å². The zero-order chi connectivity index (χ0) is 18.0. The average Bonchev–Trinajstić information content (AvgIpc) is 2.60. The fourth-order valence-corrected chi connectivity index (χ4v) is 2.50. The quantitative estimate of drug-likeness (QED) is 0.691. The standard InChI is InChI=1S/C19H17N3O3/c1-21(2)14-10-8-13(9-11-14)12-16-17(23)20-19(25)22(18(16)24)15-6-4-3-5-7-15/h3-12H,1-2H3,(H,20,23,25)/b16-12-. The predicted octanol–water partition coefficient (Wildman–Crippen LogP) is 2.42. The van der Waals surface area contributed by atoms with Gasteiger partial charge in [-0.05, 0) is 35.9 Å². The number of rotatable bonds is 3. The maximum Gasteiger partial charge on any atom is 0.335 e. The van der Waals surface area contributed by atoms with Crippen molar-refractivity contribution in [3.05, 3.63) is 65.7 Å². The van der Waals surface area contributed by atoms with E-state index in [-0.39, 0.29) is 5.57 Å². The molecule has 3 rings (SSSR count). The van der Waals surface area contributed by atoms with Crippen LogP contribution in [0.25, 0.3) is 6.08 Å². The molecule has 1 N–H and O–H groups in total. The molecular weight excluding hydrogens is 318 g/mol. The monoisotopic (exact) mass is 335 g/mol. The summed E-state index contributed by atoms with van der Waals surface area (Å²) >= 11 is 0. The van der Waals surface area contributed by atoms with Crippen molar-refractivity contribution in [1.82, 2.24) is 5.32 Å². The first kappa shape index (κ1) is 16.4. The highest BCUT2D eigenvalue weighted by Gasteiger charge is 2.36. The zero-order valence-electron chi connectivity index (χ0n) is 13.9. The minimum Gasteiger partial charge on any atom is -0.378 e. The second-order valence-corrected chi connectivity index (χ2v) is 5.78. The number of benzene rings is 2. The third-order valence-corrected chi connectivity index (χ3v) is 3.84. The van der Waals surface area contributed by atoms with Crippen LogP contribution in [-0.2, 0) is 9.59 Å². The molecule has 1 aliphatic heterocycles. The molecule has 0 unspecified atom stereocenters. The van der Waals surface area contributed by atoms with Crippen LogP contribution in [0.1, 0.15) is 5.56 Å². The van der Waals surface area contributed by atoms with Crippen LogP contribution in [0.3, 0.4) is 0 Å². The van der Waals surface area contributed by atoms with Crippen LogP contribution < -0.4 is 15.1 Å². The molecule has 0 aliphatic carbocycles. The Kier molecular flexibility index (Phi) is 4.35. The number of carbonyl (C=O) groups is 3. The van der Waals surface area contributed by atoms with Crippen LogP contribution in [0.5, 0.6) is 0 Å². The molecule has 2 aromatic carbocycles. The van der Waals surface area contributed by atoms with Crippen LogP contribution in [0.15, 0.2) is 60.2 Å². The van der Waals surface area contributed by atoms with Crippen LogP contribution >= 0.6 is 0 Å². The smallest absolute Gasteiger partial charge is 0.335 e. The third-order valence-electron chi connectivity index (χ3n) is 3.84. The summed E-state index contributed by atoms with van der Waals surface area (Å²) in [4.78, 5) is 39.8. The highest BCUT2D eigenvalue weighted by molar-refractivity contribution is 6.39. The molecule has 6 nitrogen and oxygen atoms in total. The van der Waals surface area contributed by atoms with Gasteiger partial charge in [0, 0.05) is 19.8 Å². The van der Waals surface area contributed by atoms with E-state index in [0.29, 0.717) is 11.3 Å². The first-order chi connectivity index (χ1) is 12.0. The molecule has 6 heteroatoms. The van der Waals surface area contributed by atoms with Crippen LogP contribution in [-0.4, -0.2) is 31.9 Å². The molecule has 4 amide bonds. The lowest BCUT2D eigenvalue weighted by molar-refractivity contribution is -0.122. The normalized spacial score (nSPS) is 16.2. The van der Waals surface area contributed by atoms with Gasteiger partial charge < -0.3 is 4.90 Å². The van der Waals surface area contributed by atoms with Gasteiger partial charge in [0.05, 0.1) is 5.69 Å². The molecule has 1 fully saturated rings. The highest BCUT2D eigenvalue weighted by Crippen LogP contribution is 2.22. The molecule has 2 aromatic rings. The summed E-state index contributed by atoms with van der Waals surface area (Å²) in [6.07, 6.45) is 1.49. The van der Waals surface area contributed by atoms with E-state index in [9.17, 15) is 14.4 Å². The van der Waals surface area contributed by atoms with Crippen molar-refractivity contribution in [3.63, 3.8) is 0 Å². The van der Waals surface area contributed by atoms with Gasteiger partial charge in [-0.2, -0.15) is 0 Å². The Balaban J connectivity index is 1.96. The van der Waals surface area contributed by atoms with Gasteiger partial charge >= 0.3 is 6.03 Å². The minimum atomic E-state index is -0.749. The summed E-state index contributed by atoms with van der Waals surface area (Å²) in [6.45, 7) is 0. The van der Waals surface area contributed by atoms with E-state index in [1.165, 1.54) is 6.08 Å². The first-order valence-electron chi connectivity index (χ1n) is 7.71. The Morgan fingerprint density at radius 3 is 2.16 bits per heavy atom. The maximum atomic E-state index is 12.7. The van der Waals surface area contributed by atoms with Gasteiger partial charge in [-0.25, -0.2) is 9.69 Å². The molecule has 1 saturated heterocycles. The molecular formula is C19H17N3O3. The third kappa shape index (κ3) is 3.28. The Labute approximate surface area is 145 Å². The molecule has 0 atom stereocenters. The molecule has 0 radical (unpaired) electrons. The second kappa shape index (κ2) is 6.60. The summed E-state index contributed by atoms with van der Waals surface area (Å²) in [5, 5.41) is 2.21. The van der Waals surface area contributed by atoms with Gasteiger partial charge in [-0.15, -0.1) is 0 Å². The number of nitrogens with zero attached hydrogens (tertiary/aromatic N) is 2. The fraction of sp³-hybridized carbons (Fsp3) is 0.105. The number of hydrogen-bond acceptors (Lipinski definition) is 4. The number of nitrogens with one attached hydrogen (secondary N) is 1. The Hall–Kier alpha value is -3.41. The first-order valence-corrected chi connectivity index (χ1v) is 7.71. The van der Waals surface area contributed by atoms with Crippen molar-refractivity contribution in [2.45, 2.75) is 0 Å². The lowest BCUT2D eigenvalue weighted by atomic mass is 10.1. The number of imide groups is 2. The minimum absolute atomic E-state index is 0.0824. The Morgan fingerprint density at radius 2 is 1.56 bits per heavy atom. The lowest BCUT2D eigenvalue weighted by Crippen LogP contribution is -2.54. The van der Waals surface area contributed by atoms with E-state index < -0.39 is 17.8 Å². The SMILES string of the molecule is CN(C)c1ccc(/C=C2/C(=O)NC(=O)N(c3ccccc3)C2=O)cc1. The Morgan fingerprint density at radius 1 is 0.920 bits per heavy atom. The van der Waals surface area contributed by atoms with Gasteiger partial charge in [0.2, 0.25) is 0 Å². The molecule has 0 spiro atoms. The zero-order valence-corrected chi connectivity index (χ0v) is 13.9. The van der Waals surface area contributed by atoms with Crippen molar-refractivity contribution in [2.24, 2.45) is 0 Å². The van der Waals surface area contributed by atoms with E-state index in [2.05, 4.69) is 5.32 Å². The summed E-state index contributed by atoms with van der Waals surface area (Å²) in [6, 6.07) is 15.1. The second-order valence-electron chi connectivity index (χ2n) is 5.78.